The van der Waals surface area contributed by atoms with Gasteiger partial charge in [0.25, 0.3) is 5.69 Å². The number of nitro benzene ring substituents is 1. The van der Waals surface area contributed by atoms with E-state index in [1.165, 1.54) is 18.2 Å². The zero-order chi connectivity index (χ0) is 15.9. The molecule has 6 nitrogen and oxygen atoms in total. The lowest BCUT2D eigenvalue weighted by Gasteiger charge is -2.18. The number of esters is 1. The fraction of sp³-hybridized carbons (Fsp3) is 0.188. The van der Waals surface area contributed by atoms with Crippen LogP contribution in [0.3, 0.4) is 0 Å². The number of rotatable bonds is 6. The average Bonchev–Trinajstić information content (AvgIpc) is 2.53. The predicted octanol–water partition coefficient (Wildman–Crippen LogP) is 3.28. The fourth-order valence-electron chi connectivity index (χ4n) is 1.97. The van der Waals surface area contributed by atoms with Crippen LogP contribution in [0, 0.1) is 10.1 Å². The van der Waals surface area contributed by atoms with Gasteiger partial charge in [-0.25, -0.2) is 4.79 Å². The van der Waals surface area contributed by atoms with E-state index in [0.717, 1.165) is 0 Å². The number of para-hydroxylation sites is 2. The Morgan fingerprint density at radius 1 is 1.14 bits per heavy atom. The summed E-state index contributed by atoms with van der Waals surface area (Å²) in [6.45, 7) is 1.82. The van der Waals surface area contributed by atoms with Crippen molar-refractivity contribution in [2.24, 2.45) is 0 Å². The third-order valence-corrected chi connectivity index (χ3v) is 2.91. The molecule has 0 saturated carbocycles. The summed E-state index contributed by atoms with van der Waals surface area (Å²) in [4.78, 5) is 22.8. The van der Waals surface area contributed by atoms with Gasteiger partial charge in [-0.15, -0.1) is 0 Å². The molecule has 2 aromatic rings. The van der Waals surface area contributed by atoms with E-state index in [2.05, 4.69) is 0 Å². The second-order valence-corrected chi connectivity index (χ2v) is 4.38. The number of hydrogen-bond donors (Lipinski definition) is 0. The lowest BCUT2D eigenvalue weighted by Crippen LogP contribution is -2.22. The van der Waals surface area contributed by atoms with Gasteiger partial charge in [0.05, 0.1) is 17.1 Å². The van der Waals surface area contributed by atoms with E-state index in [1.807, 2.05) is 0 Å². The molecule has 114 valence electrons. The van der Waals surface area contributed by atoms with Crippen LogP contribution in [0.2, 0.25) is 0 Å². The normalized spacial score (nSPS) is 11.5. The highest BCUT2D eigenvalue weighted by atomic mass is 16.6. The molecule has 0 saturated heterocycles. The number of nitro groups is 1. The van der Waals surface area contributed by atoms with Gasteiger partial charge in [0.2, 0.25) is 6.10 Å². The average molecular weight is 301 g/mol. The summed E-state index contributed by atoms with van der Waals surface area (Å²) in [5, 5.41) is 11.2. The highest BCUT2D eigenvalue weighted by Crippen LogP contribution is 2.30. The summed E-state index contributed by atoms with van der Waals surface area (Å²) >= 11 is 0. The summed E-state index contributed by atoms with van der Waals surface area (Å²) in [5.41, 5.74) is -0.0220. The largest absolute Gasteiger partial charge is 0.474 e. The van der Waals surface area contributed by atoms with Crippen LogP contribution in [-0.4, -0.2) is 17.5 Å². The van der Waals surface area contributed by atoms with Crippen LogP contribution in [0.1, 0.15) is 18.6 Å². The minimum Gasteiger partial charge on any atom is -0.474 e. The lowest BCUT2D eigenvalue weighted by atomic mass is 10.1. The number of hydrogen-bond acceptors (Lipinski definition) is 5. The molecular formula is C16H15NO5. The first-order valence-corrected chi connectivity index (χ1v) is 6.75. The van der Waals surface area contributed by atoms with Gasteiger partial charge in [-0.05, 0) is 25.1 Å². The minimum absolute atomic E-state index is 0.161. The smallest absolute Gasteiger partial charge is 0.352 e. The maximum Gasteiger partial charge on any atom is 0.352 e. The van der Waals surface area contributed by atoms with Crippen LogP contribution in [0.4, 0.5) is 5.69 Å². The summed E-state index contributed by atoms with van der Waals surface area (Å²) < 4.78 is 10.6. The van der Waals surface area contributed by atoms with Gasteiger partial charge < -0.3 is 9.47 Å². The van der Waals surface area contributed by atoms with Crippen molar-refractivity contribution in [3.8, 4) is 5.75 Å². The van der Waals surface area contributed by atoms with Crippen molar-refractivity contribution in [2.45, 2.75) is 13.0 Å². The standard InChI is InChI=1S/C16H15NO5/c1-2-21-16(18)15(22-12-8-4-3-5-9-12)13-10-6-7-11-14(13)17(19)20/h3-11,15H,2H2,1H3. The van der Waals surface area contributed by atoms with Crippen molar-refractivity contribution < 1.29 is 19.2 Å². The summed E-state index contributed by atoms with van der Waals surface area (Å²) in [5.74, 6) is -0.237. The van der Waals surface area contributed by atoms with Crippen molar-refractivity contribution >= 4 is 11.7 Å². The maximum atomic E-state index is 12.2. The first-order valence-electron chi connectivity index (χ1n) is 6.75. The molecule has 0 fully saturated rings. The third-order valence-electron chi connectivity index (χ3n) is 2.91. The topological polar surface area (TPSA) is 78.7 Å². The molecule has 2 rings (SSSR count). The first kappa shape index (κ1) is 15.5. The molecule has 22 heavy (non-hydrogen) atoms. The molecule has 0 heterocycles. The van der Waals surface area contributed by atoms with E-state index >= 15 is 0 Å². The highest BCUT2D eigenvalue weighted by molar-refractivity contribution is 5.78. The van der Waals surface area contributed by atoms with Crippen molar-refractivity contribution in [2.75, 3.05) is 6.61 Å². The molecule has 0 aromatic heterocycles. The zero-order valence-corrected chi connectivity index (χ0v) is 12.0. The fourth-order valence-corrected chi connectivity index (χ4v) is 1.97. The minimum atomic E-state index is -1.19. The first-order chi connectivity index (χ1) is 10.6. The molecule has 0 amide bonds. The highest BCUT2D eigenvalue weighted by Gasteiger charge is 2.30. The Kier molecular flexibility index (Phi) is 5.08. The van der Waals surface area contributed by atoms with Gasteiger partial charge in [-0.1, -0.05) is 30.3 Å². The molecule has 0 bridgehead atoms. The Balaban J connectivity index is 2.40. The number of nitrogens with zero attached hydrogens (tertiary/aromatic N) is 1. The molecule has 0 aliphatic rings. The third kappa shape index (κ3) is 3.60. The Hall–Kier alpha value is -2.89. The van der Waals surface area contributed by atoms with E-state index in [-0.39, 0.29) is 17.9 Å². The molecule has 0 aliphatic carbocycles. The van der Waals surface area contributed by atoms with Gasteiger partial charge in [0, 0.05) is 6.07 Å². The van der Waals surface area contributed by atoms with E-state index in [1.54, 1.807) is 43.3 Å². The van der Waals surface area contributed by atoms with Gasteiger partial charge >= 0.3 is 5.97 Å². The van der Waals surface area contributed by atoms with Crippen molar-refractivity contribution in [1.29, 1.82) is 0 Å². The summed E-state index contributed by atoms with van der Waals surface area (Å²) in [7, 11) is 0. The Morgan fingerprint density at radius 2 is 1.77 bits per heavy atom. The molecule has 2 aromatic carbocycles. The Bertz CT molecular complexity index is 657. The van der Waals surface area contributed by atoms with Crippen LogP contribution in [0.25, 0.3) is 0 Å². The van der Waals surface area contributed by atoms with Crippen LogP contribution < -0.4 is 4.74 Å². The van der Waals surface area contributed by atoms with E-state index in [9.17, 15) is 14.9 Å². The summed E-state index contributed by atoms with van der Waals surface area (Å²) in [6, 6.07) is 14.6. The number of ether oxygens (including phenoxy) is 2. The van der Waals surface area contributed by atoms with E-state index in [4.69, 9.17) is 9.47 Å². The van der Waals surface area contributed by atoms with Gasteiger partial charge in [0.15, 0.2) is 0 Å². The van der Waals surface area contributed by atoms with Crippen molar-refractivity contribution in [1.82, 2.24) is 0 Å². The SMILES string of the molecule is CCOC(=O)C(Oc1ccccc1)c1ccccc1[N+](=O)[O-]. The molecule has 6 heteroatoms. The van der Waals surface area contributed by atoms with E-state index in [0.29, 0.717) is 5.75 Å². The molecule has 1 unspecified atom stereocenters. The number of carbonyl (C=O) groups excluding carboxylic acids is 1. The number of carbonyl (C=O) groups is 1. The number of benzene rings is 2. The molecule has 1 atom stereocenters. The van der Waals surface area contributed by atoms with Crippen LogP contribution in [0.15, 0.2) is 54.6 Å². The predicted molar refractivity (Wildman–Crippen MR) is 79.5 cm³/mol. The zero-order valence-electron chi connectivity index (χ0n) is 12.0. The summed E-state index contributed by atoms with van der Waals surface area (Å²) in [6.07, 6.45) is -1.19. The second-order valence-electron chi connectivity index (χ2n) is 4.38. The second kappa shape index (κ2) is 7.21. The van der Waals surface area contributed by atoms with Crippen molar-refractivity contribution in [3.63, 3.8) is 0 Å². The lowest BCUT2D eigenvalue weighted by molar-refractivity contribution is -0.386. The van der Waals surface area contributed by atoms with E-state index < -0.39 is 17.0 Å². The molecular weight excluding hydrogens is 286 g/mol. The molecule has 0 N–H and O–H groups in total. The van der Waals surface area contributed by atoms with Crippen LogP contribution in [0.5, 0.6) is 5.75 Å². The Labute approximate surface area is 127 Å². The maximum absolute atomic E-state index is 12.2. The molecule has 0 spiro atoms. The van der Waals surface area contributed by atoms with Crippen LogP contribution >= 0.6 is 0 Å². The van der Waals surface area contributed by atoms with Gasteiger partial charge in [-0.3, -0.25) is 10.1 Å². The van der Waals surface area contributed by atoms with Gasteiger partial charge in [0.1, 0.15) is 5.75 Å². The molecule has 0 radical (unpaired) electrons. The quantitative estimate of drug-likeness (QED) is 0.465. The monoisotopic (exact) mass is 301 g/mol. The molecule has 0 aliphatic heterocycles. The van der Waals surface area contributed by atoms with Gasteiger partial charge in [-0.2, -0.15) is 0 Å². The van der Waals surface area contributed by atoms with Crippen molar-refractivity contribution in [3.05, 3.63) is 70.3 Å². The van der Waals surface area contributed by atoms with Crippen LogP contribution in [-0.2, 0) is 9.53 Å². The Morgan fingerprint density at radius 3 is 2.41 bits per heavy atom.